The van der Waals surface area contributed by atoms with E-state index in [0.717, 1.165) is 13.0 Å². The Hall–Kier alpha value is -1.16. The molecule has 0 aliphatic carbocycles. The molecule has 1 rings (SSSR count). The molecule has 0 spiro atoms. The van der Waals surface area contributed by atoms with E-state index in [9.17, 15) is 4.39 Å². The predicted molar refractivity (Wildman–Crippen MR) is 83.6 cm³/mol. The van der Waals surface area contributed by atoms with Crippen molar-refractivity contribution in [2.75, 3.05) is 11.4 Å². The molecule has 0 aliphatic heterocycles. The molecule has 1 aromatic rings. The maximum absolute atomic E-state index is 14.6. The van der Waals surface area contributed by atoms with E-state index in [-0.39, 0.29) is 17.4 Å². The summed E-state index contributed by atoms with van der Waals surface area (Å²) in [5.41, 5.74) is 0.642. The first-order valence-corrected chi connectivity index (χ1v) is 7.45. The number of rotatable bonds is 6. The number of anilines is 1. The molecular formula is C16H28FN3. The average molecular weight is 281 g/mol. The monoisotopic (exact) mass is 281 g/mol. The van der Waals surface area contributed by atoms with E-state index >= 15 is 0 Å². The van der Waals surface area contributed by atoms with Crippen molar-refractivity contribution in [3.8, 4) is 0 Å². The summed E-state index contributed by atoms with van der Waals surface area (Å²) in [5.74, 6) is 0.265. The van der Waals surface area contributed by atoms with Crippen LogP contribution in [0.4, 0.5) is 10.2 Å². The molecule has 0 radical (unpaired) electrons. The molecule has 0 saturated carbocycles. The maximum Gasteiger partial charge on any atom is 0.170 e. The van der Waals surface area contributed by atoms with Gasteiger partial charge in [-0.3, -0.25) is 0 Å². The predicted octanol–water partition coefficient (Wildman–Crippen LogP) is 3.73. The van der Waals surface area contributed by atoms with Crippen molar-refractivity contribution in [1.29, 1.82) is 0 Å². The van der Waals surface area contributed by atoms with Crippen LogP contribution in [0.1, 0.15) is 53.5 Å². The highest BCUT2D eigenvalue weighted by Crippen LogP contribution is 2.22. The van der Waals surface area contributed by atoms with E-state index < -0.39 is 0 Å². The van der Waals surface area contributed by atoms with E-state index in [2.05, 4.69) is 44.9 Å². The van der Waals surface area contributed by atoms with Crippen molar-refractivity contribution in [1.82, 2.24) is 10.3 Å². The molecule has 4 heteroatoms. The molecule has 0 saturated heterocycles. The van der Waals surface area contributed by atoms with Crippen LogP contribution < -0.4 is 10.2 Å². The van der Waals surface area contributed by atoms with Gasteiger partial charge >= 0.3 is 0 Å². The third-order valence-corrected chi connectivity index (χ3v) is 3.50. The van der Waals surface area contributed by atoms with Gasteiger partial charge < -0.3 is 10.2 Å². The van der Waals surface area contributed by atoms with Gasteiger partial charge in [-0.15, -0.1) is 0 Å². The van der Waals surface area contributed by atoms with E-state index in [1.165, 1.54) is 0 Å². The molecule has 1 unspecified atom stereocenters. The summed E-state index contributed by atoms with van der Waals surface area (Å²) in [5, 5.41) is 3.32. The molecule has 1 aromatic heterocycles. The third kappa shape index (κ3) is 4.44. The van der Waals surface area contributed by atoms with Crippen LogP contribution in [0.2, 0.25) is 0 Å². The Balaban J connectivity index is 2.99. The zero-order chi connectivity index (χ0) is 15.3. The number of pyridine rings is 1. The smallest absolute Gasteiger partial charge is 0.170 e. The fraction of sp³-hybridized carbons (Fsp3) is 0.688. The van der Waals surface area contributed by atoms with Crippen LogP contribution in [-0.2, 0) is 6.54 Å². The largest absolute Gasteiger partial charge is 0.352 e. The first-order valence-electron chi connectivity index (χ1n) is 7.45. The number of hydrogen-bond acceptors (Lipinski definition) is 3. The Morgan fingerprint density at radius 1 is 1.35 bits per heavy atom. The zero-order valence-corrected chi connectivity index (χ0v) is 13.6. The van der Waals surface area contributed by atoms with E-state index in [0.29, 0.717) is 17.9 Å². The molecular weight excluding hydrogens is 253 g/mol. The third-order valence-electron chi connectivity index (χ3n) is 3.50. The quantitative estimate of drug-likeness (QED) is 0.861. The molecule has 3 nitrogen and oxygen atoms in total. The van der Waals surface area contributed by atoms with Gasteiger partial charge in [-0.05, 0) is 47.1 Å². The number of aromatic nitrogens is 1. The molecule has 0 aromatic carbocycles. The SMILES string of the molecule is CCC(C)N(CC)c1nccc(CNC(C)(C)C)c1F. The van der Waals surface area contributed by atoms with E-state index in [4.69, 9.17) is 0 Å². The molecule has 114 valence electrons. The van der Waals surface area contributed by atoms with Crippen molar-refractivity contribution in [2.45, 2.75) is 66.1 Å². The van der Waals surface area contributed by atoms with Crippen LogP contribution in [0.25, 0.3) is 0 Å². The van der Waals surface area contributed by atoms with Gasteiger partial charge in [0.2, 0.25) is 0 Å². The number of hydrogen-bond donors (Lipinski definition) is 1. The normalized spacial score (nSPS) is 13.3. The number of halogens is 1. The van der Waals surface area contributed by atoms with E-state index in [1.807, 2.05) is 11.8 Å². The summed E-state index contributed by atoms with van der Waals surface area (Å²) < 4.78 is 14.6. The molecule has 0 amide bonds. The summed E-state index contributed by atoms with van der Waals surface area (Å²) in [7, 11) is 0. The molecule has 20 heavy (non-hydrogen) atoms. The zero-order valence-electron chi connectivity index (χ0n) is 13.6. The lowest BCUT2D eigenvalue weighted by Gasteiger charge is -2.29. The van der Waals surface area contributed by atoms with Crippen molar-refractivity contribution >= 4 is 5.82 Å². The second kappa shape index (κ2) is 7.02. The van der Waals surface area contributed by atoms with E-state index in [1.54, 1.807) is 12.3 Å². The first-order chi connectivity index (χ1) is 9.30. The molecule has 0 bridgehead atoms. The van der Waals surface area contributed by atoms with Crippen molar-refractivity contribution in [2.24, 2.45) is 0 Å². The van der Waals surface area contributed by atoms with Gasteiger partial charge in [0.05, 0.1) is 0 Å². The van der Waals surface area contributed by atoms with Crippen LogP contribution in [-0.4, -0.2) is 23.1 Å². The summed E-state index contributed by atoms with van der Waals surface area (Å²) in [4.78, 5) is 6.27. The minimum absolute atomic E-state index is 0.0307. The fourth-order valence-electron chi connectivity index (χ4n) is 2.06. The van der Waals surface area contributed by atoms with Crippen molar-refractivity contribution in [3.05, 3.63) is 23.6 Å². The molecule has 1 heterocycles. The van der Waals surface area contributed by atoms with Crippen LogP contribution in [0.5, 0.6) is 0 Å². The lowest BCUT2D eigenvalue weighted by atomic mass is 10.1. The van der Waals surface area contributed by atoms with Gasteiger partial charge in [0.15, 0.2) is 11.6 Å². The molecule has 0 fully saturated rings. The maximum atomic E-state index is 14.6. The van der Waals surface area contributed by atoms with Crippen LogP contribution in [0, 0.1) is 5.82 Å². The highest BCUT2D eigenvalue weighted by atomic mass is 19.1. The lowest BCUT2D eigenvalue weighted by molar-refractivity contribution is 0.418. The van der Waals surface area contributed by atoms with Gasteiger partial charge in [0.1, 0.15) is 0 Å². The molecule has 1 atom stereocenters. The number of nitrogens with zero attached hydrogens (tertiary/aromatic N) is 2. The summed E-state index contributed by atoms with van der Waals surface area (Å²) >= 11 is 0. The Labute approximate surface area is 122 Å². The van der Waals surface area contributed by atoms with Crippen LogP contribution in [0.15, 0.2) is 12.3 Å². The van der Waals surface area contributed by atoms with Crippen molar-refractivity contribution < 1.29 is 4.39 Å². The van der Waals surface area contributed by atoms with Gasteiger partial charge in [-0.25, -0.2) is 9.37 Å². The number of nitrogens with one attached hydrogen (secondary N) is 1. The Morgan fingerprint density at radius 3 is 2.50 bits per heavy atom. The standard InChI is InChI=1S/C16H28FN3/c1-7-12(3)20(8-2)15-14(17)13(9-10-18-15)11-19-16(4,5)6/h9-10,12,19H,7-8,11H2,1-6H3. The topological polar surface area (TPSA) is 28.2 Å². The highest BCUT2D eigenvalue weighted by Gasteiger charge is 2.19. The second-order valence-electron chi connectivity index (χ2n) is 6.25. The van der Waals surface area contributed by atoms with Crippen molar-refractivity contribution in [3.63, 3.8) is 0 Å². The lowest BCUT2D eigenvalue weighted by Crippen LogP contribution is -2.36. The molecule has 0 aliphatic rings. The fourth-order valence-corrected chi connectivity index (χ4v) is 2.06. The average Bonchev–Trinajstić information content (AvgIpc) is 2.38. The second-order valence-corrected chi connectivity index (χ2v) is 6.25. The summed E-state index contributed by atoms with van der Waals surface area (Å²) in [6.45, 7) is 13.7. The van der Waals surface area contributed by atoms with Crippen LogP contribution >= 0.6 is 0 Å². The van der Waals surface area contributed by atoms with Gasteiger partial charge in [-0.2, -0.15) is 0 Å². The first kappa shape index (κ1) is 16.9. The van der Waals surface area contributed by atoms with Gasteiger partial charge in [0, 0.05) is 36.4 Å². The Morgan fingerprint density at radius 2 is 2.00 bits per heavy atom. The minimum Gasteiger partial charge on any atom is -0.352 e. The van der Waals surface area contributed by atoms with Gasteiger partial charge in [0.25, 0.3) is 0 Å². The Kier molecular flexibility index (Phi) is 5.93. The molecule has 1 N–H and O–H groups in total. The minimum atomic E-state index is -0.202. The Bertz CT molecular complexity index is 426. The highest BCUT2D eigenvalue weighted by molar-refractivity contribution is 5.44. The summed E-state index contributed by atoms with van der Waals surface area (Å²) in [6.07, 6.45) is 2.67. The summed E-state index contributed by atoms with van der Waals surface area (Å²) in [6, 6.07) is 2.04. The van der Waals surface area contributed by atoms with Crippen LogP contribution in [0.3, 0.4) is 0 Å². The van der Waals surface area contributed by atoms with Gasteiger partial charge in [-0.1, -0.05) is 6.92 Å².